The van der Waals surface area contributed by atoms with Crippen molar-refractivity contribution in [2.45, 2.75) is 113 Å². The Morgan fingerprint density at radius 2 is 0.727 bits per heavy atom. The van der Waals surface area contributed by atoms with Gasteiger partial charge in [-0.1, -0.05) is 19.3 Å². The van der Waals surface area contributed by atoms with E-state index in [-0.39, 0.29) is 15.3 Å². The second-order valence-electron chi connectivity index (χ2n) is 7.50. The van der Waals surface area contributed by atoms with E-state index in [1.165, 1.54) is 17.0 Å². The molecule has 3 fully saturated rings. The van der Waals surface area contributed by atoms with Crippen LogP contribution in [0, 0.1) is 7.43 Å². The molecule has 0 aliphatic heterocycles. The van der Waals surface area contributed by atoms with Crippen LogP contribution in [0.1, 0.15) is 96.3 Å². The third kappa shape index (κ3) is 6.33. The molecule has 0 aromatic heterocycles. The average molecular weight is 434 g/mol. The van der Waals surface area contributed by atoms with Crippen molar-refractivity contribution >= 4 is 17.6 Å². The van der Waals surface area contributed by atoms with Crippen LogP contribution in [0.5, 0.6) is 0 Å². The maximum atomic E-state index is 4.61. The molecule has 22 heavy (non-hydrogen) atoms. The van der Waals surface area contributed by atoms with Gasteiger partial charge in [0.25, 0.3) is 0 Å². The second-order valence-corrected chi connectivity index (χ2v) is 11.0. The molecule has 0 aromatic rings. The first-order chi connectivity index (χ1) is 10.4. The minimum atomic E-state index is -0.0465. The Hall–Kier alpha value is 1.34. The van der Waals surface area contributed by atoms with Crippen LogP contribution in [0.3, 0.4) is 0 Å². The van der Waals surface area contributed by atoms with Crippen LogP contribution in [-0.4, -0.2) is 17.0 Å². The summed E-state index contributed by atoms with van der Waals surface area (Å²) in [5.41, 5.74) is 3.68. The summed E-state index contributed by atoms with van der Waals surface area (Å²) in [4.78, 5) is 0. The van der Waals surface area contributed by atoms with Crippen molar-refractivity contribution in [2.75, 3.05) is 0 Å². The molecule has 0 N–H and O–H groups in total. The Kier molecular flexibility index (Phi) is 12.3. The van der Waals surface area contributed by atoms with Crippen molar-refractivity contribution in [3.05, 3.63) is 7.43 Å². The standard InChI is InChI=1S/C18H33P.CH3.ClH.Ru.H/c1-4-10-16(11-5-1)19(17-12-6-2-7-13-17)18-14-8-3-9-15-18;;;;/h16-18H,1-15H2;1H3;1H;;/q;-1;;+1;. The zero-order valence-corrected chi connectivity index (χ0v) is 18.2. The molecule has 0 heterocycles. The summed E-state index contributed by atoms with van der Waals surface area (Å²) in [6.45, 7) is 0. The molecule has 3 heteroatoms. The molecule has 0 radical (unpaired) electrons. The summed E-state index contributed by atoms with van der Waals surface area (Å²) in [7, 11) is 4.56. The average Bonchev–Trinajstić information content (AvgIpc) is 2.60. The fraction of sp³-hybridized carbons (Fsp3) is 0.947. The molecule has 0 nitrogen and oxygen atoms in total. The molecule has 0 aromatic carbocycles. The van der Waals surface area contributed by atoms with Gasteiger partial charge in [-0.2, -0.15) is 0 Å². The molecule has 134 valence electrons. The number of halogens is 1. The summed E-state index contributed by atoms with van der Waals surface area (Å²) in [6.07, 6.45) is 23.8. The van der Waals surface area contributed by atoms with E-state index in [0.717, 1.165) is 0 Å². The molecule has 0 atom stereocenters. The van der Waals surface area contributed by atoms with Crippen LogP contribution in [0.15, 0.2) is 0 Å². The van der Waals surface area contributed by atoms with Crippen molar-refractivity contribution in [3.63, 3.8) is 0 Å². The number of rotatable bonds is 3. The van der Waals surface area contributed by atoms with Crippen molar-refractivity contribution < 1.29 is 17.3 Å². The van der Waals surface area contributed by atoms with Crippen molar-refractivity contribution in [1.29, 1.82) is 0 Å². The molecule has 0 unspecified atom stereocenters. The molecule has 0 amide bonds. The van der Waals surface area contributed by atoms with Gasteiger partial charge in [0.2, 0.25) is 0 Å². The SMILES string of the molecule is C1CCC([PH+](C2CCCCC2)C2CCCCC2)CC1.[CH3-].[Cl][RuH]. The van der Waals surface area contributed by atoms with Crippen LogP contribution in [0.2, 0.25) is 0 Å². The summed E-state index contributed by atoms with van der Waals surface area (Å²) >= 11 is 1.62. The Labute approximate surface area is 155 Å². The van der Waals surface area contributed by atoms with Gasteiger partial charge in [-0.05, 0) is 77.0 Å². The summed E-state index contributed by atoms with van der Waals surface area (Å²) < 4.78 is 0. The van der Waals surface area contributed by atoms with E-state index in [4.69, 9.17) is 0 Å². The fourth-order valence-corrected chi connectivity index (χ4v) is 10.5. The van der Waals surface area contributed by atoms with E-state index in [1.807, 2.05) is 0 Å². The van der Waals surface area contributed by atoms with Gasteiger partial charge in [-0.15, -0.1) is 0 Å². The Morgan fingerprint density at radius 3 is 0.955 bits per heavy atom. The number of hydrogen-bond acceptors (Lipinski definition) is 0. The van der Waals surface area contributed by atoms with E-state index in [9.17, 15) is 0 Å². The van der Waals surface area contributed by atoms with E-state index >= 15 is 0 Å². The third-order valence-corrected chi connectivity index (χ3v) is 10.8. The first-order valence-corrected chi connectivity index (χ1v) is 13.6. The molecule has 0 spiro atoms. The van der Waals surface area contributed by atoms with Gasteiger partial charge in [-0.3, -0.25) is 0 Å². The Bertz CT molecular complexity index is 213. The van der Waals surface area contributed by atoms with Gasteiger partial charge in [0, 0.05) is 7.92 Å². The quantitative estimate of drug-likeness (QED) is 0.253. The van der Waals surface area contributed by atoms with Gasteiger partial charge in [0.1, 0.15) is 0 Å². The normalized spacial score (nSPS) is 25.3. The zero-order valence-electron chi connectivity index (χ0n) is 14.6. The molecule has 3 rings (SSSR count). The zero-order chi connectivity index (χ0) is 14.9. The van der Waals surface area contributed by atoms with Crippen LogP contribution in [0.25, 0.3) is 0 Å². The van der Waals surface area contributed by atoms with Crippen molar-refractivity contribution in [3.8, 4) is 0 Å². The Morgan fingerprint density at radius 1 is 0.500 bits per heavy atom. The van der Waals surface area contributed by atoms with E-state index < -0.39 is 0 Å². The molecular formula is C19H38ClPRu. The molecular weight excluding hydrogens is 396 g/mol. The van der Waals surface area contributed by atoms with Gasteiger partial charge < -0.3 is 7.43 Å². The molecule has 0 bridgehead atoms. The van der Waals surface area contributed by atoms with Crippen LogP contribution < -0.4 is 0 Å². The van der Waals surface area contributed by atoms with E-state index in [1.54, 1.807) is 114 Å². The van der Waals surface area contributed by atoms with Gasteiger partial charge >= 0.3 is 27.0 Å². The molecule has 3 saturated carbocycles. The fourth-order valence-electron chi connectivity index (χ4n) is 5.31. The van der Waals surface area contributed by atoms with Gasteiger partial charge in [0.15, 0.2) is 0 Å². The van der Waals surface area contributed by atoms with Gasteiger partial charge in [-0.25, -0.2) is 0 Å². The second kappa shape index (κ2) is 12.7. The Balaban J connectivity index is 0.000000775. The molecule has 3 aliphatic carbocycles. The summed E-state index contributed by atoms with van der Waals surface area (Å²) in [5.74, 6) is 0. The third-order valence-electron chi connectivity index (χ3n) is 6.23. The minimum absolute atomic E-state index is 0. The predicted molar refractivity (Wildman–Crippen MR) is 103 cm³/mol. The monoisotopic (exact) mass is 434 g/mol. The topological polar surface area (TPSA) is 0 Å². The van der Waals surface area contributed by atoms with Gasteiger partial charge in [0.05, 0.1) is 17.0 Å². The molecule has 3 aliphatic rings. The van der Waals surface area contributed by atoms with E-state index in [2.05, 4.69) is 9.69 Å². The first-order valence-electron chi connectivity index (χ1n) is 9.46. The van der Waals surface area contributed by atoms with Crippen LogP contribution >= 0.6 is 17.6 Å². The van der Waals surface area contributed by atoms with Crippen molar-refractivity contribution in [1.82, 2.24) is 0 Å². The van der Waals surface area contributed by atoms with E-state index in [0.29, 0.717) is 0 Å². The molecule has 0 saturated heterocycles. The van der Waals surface area contributed by atoms with Crippen molar-refractivity contribution in [2.24, 2.45) is 0 Å². The van der Waals surface area contributed by atoms with Crippen LogP contribution in [0.4, 0.5) is 0 Å². The first kappa shape index (κ1) is 21.4. The predicted octanol–water partition coefficient (Wildman–Crippen LogP) is 7.07. The number of hydrogen-bond donors (Lipinski definition) is 0. The maximum absolute atomic E-state index is 4.61. The summed E-state index contributed by atoms with van der Waals surface area (Å²) in [6, 6.07) is 0. The summed E-state index contributed by atoms with van der Waals surface area (Å²) in [5, 5.41) is 0. The van der Waals surface area contributed by atoms with Crippen LogP contribution in [-0.2, 0) is 17.3 Å².